The van der Waals surface area contributed by atoms with Crippen molar-refractivity contribution in [1.29, 1.82) is 0 Å². The molecule has 0 saturated heterocycles. The third-order valence-corrected chi connectivity index (χ3v) is 9.25. The molecular weight excluding hydrogens is 644 g/mol. The maximum atomic E-state index is 14.1. The van der Waals surface area contributed by atoms with Crippen LogP contribution in [0.4, 0.5) is 4.79 Å². The molecular formula is C41H44N4O6. The smallest absolute Gasteiger partial charge is 0.404 e. The van der Waals surface area contributed by atoms with Crippen LogP contribution in [0.2, 0.25) is 0 Å². The predicted octanol–water partition coefficient (Wildman–Crippen LogP) is 5.47. The first-order chi connectivity index (χ1) is 24.8. The fourth-order valence-electron chi connectivity index (χ4n) is 6.48. The highest BCUT2D eigenvalue weighted by molar-refractivity contribution is 5.98. The molecule has 0 bridgehead atoms. The highest BCUT2D eigenvalue weighted by atomic mass is 16.4. The summed E-state index contributed by atoms with van der Waals surface area (Å²) in [5.74, 6) is -1.43. The molecule has 1 aliphatic rings. The number of carbonyl (C=O) groups is 5. The summed E-state index contributed by atoms with van der Waals surface area (Å²) in [6.45, 7) is 0.710. The Bertz CT molecular complexity index is 1740. The van der Waals surface area contributed by atoms with Gasteiger partial charge in [-0.25, -0.2) is 4.79 Å². The van der Waals surface area contributed by atoms with Crippen LogP contribution in [-0.4, -0.2) is 64.8 Å². The lowest BCUT2D eigenvalue weighted by molar-refractivity contribution is -0.142. The molecule has 264 valence electrons. The average molecular weight is 689 g/mol. The molecule has 10 heteroatoms. The van der Waals surface area contributed by atoms with E-state index in [1.165, 1.54) is 4.90 Å². The van der Waals surface area contributed by atoms with Crippen molar-refractivity contribution in [3.05, 3.63) is 143 Å². The number of rotatable bonds is 16. The van der Waals surface area contributed by atoms with Gasteiger partial charge in [0.1, 0.15) is 12.1 Å². The van der Waals surface area contributed by atoms with Gasteiger partial charge in [0.05, 0.1) is 0 Å². The molecule has 4 amide bonds. The van der Waals surface area contributed by atoms with Gasteiger partial charge in [0.2, 0.25) is 17.7 Å². The molecule has 51 heavy (non-hydrogen) atoms. The number of nitrogens with zero attached hydrogens (tertiary/aromatic N) is 1. The summed E-state index contributed by atoms with van der Waals surface area (Å²) in [6.07, 6.45) is 0.300. The number of amides is 4. The molecule has 0 aromatic heterocycles. The number of hydrogen-bond donors (Lipinski definition) is 4. The van der Waals surface area contributed by atoms with E-state index in [0.29, 0.717) is 18.4 Å². The summed E-state index contributed by atoms with van der Waals surface area (Å²) in [4.78, 5) is 67.0. The van der Waals surface area contributed by atoms with Crippen molar-refractivity contribution in [3.8, 4) is 0 Å². The zero-order valence-electron chi connectivity index (χ0n) is 28.5. The molecule has 2 atom stereocenters. The van der Waals surface area contributed by atoms with E-state index >= 15 is 0 Å². The van der Waals surface area contributed by atoms with Crippen molar-refractivity contribution in [3.63, 3.8) is 0 Å². The lowest BCUT2D eigenvalue weighted by atomic mass is 9.91. The maximum Gasteiger partial charge on any atom is 0.404 e. The summed E-state index contributed by atoms with van der Waals surface area (Å²) in [7, 11) is 0. The fraction of sp³-hybridized carbons (Fsp3) is 0.293. The van der Waals surface area contributed by atoms with Gasteiger partial charge >= 0.3 is 6.09 Å². The molecule has 0 saturated carbocycles. The highest BCUT2D eigenvalue weighted by Crippen LogP contribution is 2.26. The van der Waals surface area contributed by atoms with Crippen LogP contribution in [0.1, 0.15) is 70.6 Å². The Kier molecular flexibility index (Phi) is 13.1. The number of unbranched alkanes of at least 4 members (excludes halogenated alkanes) is 1. The van der Waals surface area contributed by atoms with Crippen molar-refractivity contribution < 1.29 is 29.1 Å². The molecule has 5 rings (SSSR count). The van der Waals surface area contributed by atoms with E-state index in [9.17, 15) is 24.0 Å². The zero-order chi connectivity index (χ0) is 36.0. The van der Waals surface area contributed by atoms with Crippen LogP contribution in [0.5, 0.6) is 0 Å². The number of hydrogen-bond acceptors (Lipinski definition) is 5. The minimum Gasteiger partial charge on any atom is -0.465 e. The first-order valence-corrected chi connectivity index (χ1v) is 17.4. The summed E-state index contributed by atoms with van der Waals surface area (Å²) >= 11 is 0. The van der Waals surface area contributed by atoms with Gasteiger partial charge in [-0.1, -0.05) is 115 Å². The number of fused-ring (bicyclic) bond motifs is 1. The molecule has 4 aromatic carbocycles. The Morgan fingerprint density at radius 2 is 1.29 bits per heavy atom. The number of nitrogens with one attached hydrogen (secondary N) is 3. The van der Waals surface area contributed by atoms with Gasteiger partial charge < -0.3 is 26.0 Å². The highest BCUT2D eigenvalue weighted by Gasteiger charge is 2.36. The Morgan fingerprint density at radius 1 is 0.706 bits per heavy atom. The summed E-state index contributed by atoms with van der Waals surface area (Å²) in [5.41, 5.74) is 4.46. The van der Waals surface area contributed by atoms with Crippen LogP contribution in [0, 0.1) is 0 Å². The minimum atomic E-state index is -1.13. The third-order valence-electron chi connectivity index (χ3n) is 9.25. The van der Waals surface area contributed by atoms with E-state index in [1.807, 2.05) is 91.0 Å². The topological polar surface area (TPSA) is 145 Å². The molecule has 10 nitrogen and oxygen atoms in total. The van der Waals surface area contributed by atoms with E-state index in [0.717, 1.165) is 22.3 Å². The fourth-order valence-corrected chi connectivity index (χ4v) is 6.48. The van der Waals surface area contributed by atoms with Crippen molar-refractivity contribution in [2.75, 3.05) is 13.1 Å². The van der Waals surface area contributed by atoms with Crippen LogP contribution < -0.4 is 16.0 Å². The number of benzene rings is 4. The minimum absolute atomic E-state index is 0.00867. The molecule has 4 aromatic rings. The van der Waals surface area contributed by atoms with E-state index in [2.05, 4.69) is 16.0 Å². The maximum absolute atomic E-state index is 14.1. The van der Waals surface area contributed by atoms with Crippen LogP contribution in [0.3, 0.4) is 0 Å². The van der Waals surface area contributed by atoms with E-state index in [4.69, 9.17) is 5.11 Å². The van der Waals surface area contributed by atoms with Crippen molar-refractivity contribution in [2.24, 2.45) is 0 Å². The zero-order valence-corrected chi connectivity index (χ0v) is 28.5. The van der Waals surface area contributed by atoms with Crippen molar-refractivity contribution in [1.82, 2.24) is 20.9 Å². The number of Topliss-reactive ketones (excluding diaryl/α,β-unsaturated/α-hetero) is 1. The molecule has 0 aliphatic carbocycles. The molecule has 0 spiro atoms. The molecule has 0 radical (unpaired) electrons. The first-order valence-electron chi connectivity index (χ1n) is 17.4. The second-order valence-corrected chi connectivity index (χ2v) is 12.7. The third kappa shape index (κ3) is 10.4. The first kappa shape index (κ1) is 36.5. The molecule has 1 heterocycles. The van der Waals surface area contributed by atoms with E-state index in [-0.39, 0.29) is 68.8 Å². The van der Waals surface area contributed by atoms with E-state index < -0.39 is 24.1 Å². The van der Waals surface area contributed by atoms with Gasteiger partial charge in [-0.05, 0) is 41.5 Å². The van der Waals surface area contributed by atoms with Gasteiger partial charge in [0, 0.05) is 50.4 Å². The average Bonchev–Trinajstić information content (AvgIpc) is 3.16. The Morgan fingerprint density at radius 3 is 1.92 bits per heavy atom. The second-order valence-electron chi connectivity index (χ2n) is 12.7. The van der Waals surface area contributed by atoms with Gasteiger partial charge in [0.15, 0.2) is 5.78 Å². The van der Waals surface area contributed by atoms with Crippen LogP contribution in [-0.2, 0) is 27.3 Å². The van der Waals surface area contributed by atoms with Crippen LogP contribution in [0.15, 0.2) is 115 Å². The lowest BCUT2D eigenvalue weighted by Gasteiger charge is -2.37. The SMILES string of the molecule is O=C(O)NCCCC[C@@H](NC(=O)[C@@H]1Cc2ccccc2CN1C(=O)CCC(=O)c1ccccc1)C(=O)NCC(c1ccccc1)c1ccccc1. The van der Waals surface area contributed by atoms with Crippen molar-refractivity contribution >= 4 is 29.6 Å². The largest absolute Gasteiger partial charge is 0.465 e. The Hall–Kier alpha value is -5.77. The molecule has 4 N–H and O–H groups in total. The van der Waals surface area contributed by atoms with Gasteiger partial charge in [-0.3, -0.25) is 19.2 Å². The summed E-state index contributed by atoms with van der Waals surface area (Å²) in [5, 5.41) is 17.3. The van der Waals surface area contributed by atoms with Crippen LogP contribution >= 0.6 is 0 Å². The summed E-state index contributed by atoms with van der Waals surface area (Å²) < 4.78 is 0. The van der Waals surface area contributed by atoms with Gasteiger partial charge in [-0.2, -0.15) is 0 Å². The normalized spacial score (nSPS) is 14.2. The lowest BCUT2D eigenvalue weighted by Crippen LogP contribution is -2.57. The molecule has 1 aliphatic heterocycles. The van der Waals surface area contributed by atoms with Gasteiger partial charge in [-0.15, -0.1) is 0 Å². The van der Waals surface area contributed by atoms with Crippen molar-refractivity contribution in [2.45, 2.75) is 63.1 Å². The predicted molar refractivity (Wildman–Crippen MR) is 194 cm³/mol. The molecule has 0 fully saturated rings. The summed E-state index contributed by atoms with van der Waals surface area (Å²) in [6, 6.07) is 34.4. The van der Waals surface area contributed by atoms with E-state index in [1.54, 1.807) is 24.3 Å². The Balaban J connectivity index is 1.31. The number of carbonyl (C=O) groups excluding carboxylic acids is 4. The quantitative estimate of drug-likeness (QED) is 0.0908. The van der Waals surface area contributed by atoms with Crippen LogP contribution in [0.25, 0.3) is 0 Å². The Labute approximate surface area is 298 Å². The van der Waals surface area contributed by atoms with Gasteiger partial charge in [0.25, 0.3) is 0 Å². The number of carboxylic acid groups (broad SMARTS) is 1. The molecule has 0 unspecified atom stereocenters. The standard InChI is InChI=1S/C41H44N4O6/c46-37(31-18-8-3-9-19-31)23-24-38(47)45-28-33-21-11-10-20-32(33)26-36(45)40(49)44-35(22-12-13-25-42-41(50)51)39(48)43-27-34(29-14-4-1-5-15-29)30-16-6-2-7-17-30/h1-11,14-21,34-36,42H,12-13,22-28H2,(H,43,48)(H,44,49)(H,50,51)/t35-,36+/m1/s1. The second kappa shape index (κ2) is 18.3. The number of ketones is 1. The monoisotopic (exact) mass is 688 g/mol.